The molecule has 0 radical (unpaired) electrons. The normalized spacial score (nSPS) is 22.3. The third-order valence-electron chi connectivity index (χ3n) is 4.60. The molecule has 0 saturated carbocycles. The molecule has 1 atom stereocenters. The average molecular weight is 334 g/mol. The number of aromatic nitrogens is 1. The highest BCUT2D eigenvalue weighted by molar-refractivity contribution is 7.11. The number of aryl methyl sites for hydroxylation is 2. The number of nitrogens with one attached hydrogen (secondary N) is 1. The Balaban J connectivity index is 1.62. The van der Waals surface area contributed by atoms with Crippen molar-refractivity contribution in [2.45, 2.75) is 39.8 Å². The number of likely N-dealkylation sites (tertiary alicyclic amines) is 1. The fourth-order valence-electron chi connectivity index (χ4n) is 3.20. The predicted octanol–water partition coefficient (Wildman–Crippen LogP) is 2.17. The lowest BCUT2D eigenvalue weighted by atomic mass is 10.2. The second-order valence-corrected chi connectivity index (χ2v) is 7.52. The lowest BCUT2D eigenvalue weighted by molar-refractivity contribution is 0.259. The van der Waals surface area contributed by atoms with Gasteiger partial charge in [-0.1, -0.05) is 12.2 Å². The molecular weight excluding hydrogens is 306 g/mol. The summed E-state index contributed by atoms with van der Waals surface area (Å²) in [5.41, 5.74) is 1.13. The van der Waals surface area contributed by atoms with Crippen molar-refractivity contribution in [2.75, 3.05) is 32.7 Å². The Hall–Kier alpha value is -1.40. The van der Waals surface area contributed by atoms with Gasteiger partial charge in [0.1, 0.15) is 5.01 Å². The number of hydrogen-bond donors (Lipinski definition) is 1. The van der Waals surface area contributed by atoms with Gasteiger partial charge in [0.2, 0.25) is 0 Å². The van der Waals surface area contributed by atoms with Crippen molar-refractivity contribution in [3.63, 3.8) is 0 Å². The van der Waals surface area contributed by atoms with E-state index in [1.165, 1.54) is 11.3 Å². The molecule has 126 valence electrons. The number of hydrogen-bond acceptors (Lipinski definition) is 4. The summed E-state index contributed by atoms with van der Waals surface area (Å²) in [4.78, 5) is 15.7. The maximum absolute atomic E-state index is 4.83. The summed E-state index contributed by atoms with van der Waals surface area (Å²) in [6.07, 6.45) is 5.77. The van der Waals surface area contributed by atoms with Crippen molar-refractivity contribution in [3.05, 3.63) is 27.7 Å². The van der Waals surface area contributed by atoms with Crippen LogP contribution in [0.25, 0.3) is 0 Å². The minimum absolute atomic E-state index is 0.651. The topological polar surface area (TPSA) is 43.8 Å². The first-order chi connectivity index (χ1) is 11.2. The van der Waals surface area contributed by atoms with Gasteiger partial charge >= 0.3 is 0 Å². The maximum atomic E-state index is 4.83. The Morgan fingerprint density at radius 3 is 2.83 bits per heavy atom. The Morgan fingerprint density at radius 1 is 1.39 bits per heavy atom. The summed E-state index contributed by atoms with van der Waals surface area (Å²) >= 11 is 1.76. The van der Waals surface area contributed by atoms with Gasteiger partial charge in [0, 0.05) is 43.6 Å². The molecular formula is C17H27N5S. The van der Waals surface area contributed by atoms with Gasteiger partial charge in [0.05, 0.1) is 12.2 Å². The van der Waals surface area contributed by atoms with E-state index in [2.05, 4.69) is 53.0 Å². The zero-order chi connectivity index (χ0) is 16.2. The van der Waals surface area contributed by atoms with Crippen LogP contribution in [-0.2, 0) is 6.54 Å². The molecule has 1 aromatic rings. The Bertz CT molecular complexity index is 564. The van der Waals surface area contributed by atoms with Gasteiger partial charge in [-0.25, -0.2) is 9.98 Å². The van der Waals surface area contributed by atoms with E-state index in [9.17, 15) is 0 Å². The molecule has 0 aliphatic carbocycles. The highest BCUT2D eigenvalue weighted by Gasteiger charge is 2.29. The van der Waals surface area contributed by atoms with Gasteiger partial charge in [-0.15, -0.1) is 11.3 Å². The summed E-state index contributed by atoms with van der Waals surface area (Å²) in [6, 6.07) is 0.651. The van der Waals surface area contributed by atoms with Gasteiger partial charge in [-0.05, 0) is 27.2 Å². The Morgan fingerprint density at radius 2 is 2.17 bits per heavy atom. The molecule has 1 N–H and O–H groups in total. The van der Waals surface area contributed by atoms with E-state index in [0.717, 1.165) is 49.4 Å². The van der Waals surface area contributed by atoms with Crippen molar-refractivity contribution < 1.29 is 0 Å². The molecule has 6 heteroatoms. The molecule has 1 fully saturated rings. The fraction of sp³-hybridized carbons (Fsp3) is 0.647. The molecule has 2 aliphatic rings. The van der Waals surface area contributed by atoms with Crippen LogP contribution in [-0.4, -0.2) is 59.5 Å². The first-order valence-corrected chi connectivity index (χ1v) is 9.34. The summed E-state index contributed by atoms with van der Waals surface area (Å²) in [6.45, 7) is 12.3. The van der Waals surface area contributed by atoms with Crippen molar-refractivity contribution >= 4 is 17.3 Å². The van der Waals surface area contributed by atoms with Gasteiger partial charge in [-0.3, -0.25) is 4.90 Å². The van der Waals surface area contributed by atoms with Gasteiger partial charge in [0.15, 0.2) is 5.96 Å². The van der Waals surface area contributed by atoms with E-state index in [1.54, 1.807) is 11.3 Å². The van der Waals surface area contributed by atoms with Gasteiger partial charge < -0.3 is 10.2 Å². The Labute approximate surface area is 143 Å². The average Bonchev–Trinajstić information content (AvgIpc) is 3.25. The molecule has 2 aliphatic heterocycles. The zero-order valence-corrected chi connectivity index (χ0v) is 15.2. The summed E-state index contributed by atoms with van der Waals surface area (Å²) in [5.74, 6) is 1.03. The first kappa shape index (κ1) is 16.5. The van der Waals surface area contributed by atoms with Crippen LogP contribution in [0.2, 0.25) is 0 Å². The first-order valence-electron chi connectivity index (χ1n) is 8.52. The fourth-order valence-corrected chi connectivity index (χ4v) is 4.06. The second-order valence-electron chi connectivity index (χ2n) is 6.23. The minimum Gasteiger partial charge on any atom is -0.357 e. The van der Waals surface area contributed by atoms with Crippen LogP contribution >= 0.6 is 11.3 Å². The number of aliphatic imine (C=N–C) groups is 1. The third-order valence-corrected chi connectivity index (χ3v) is 5.66. The lowest BCUT2D eigenvalue weighted by Crippen LogP contribution is -2.42. The molecule has 0 bridgehead atoms. The van der Waals surface area contributed by atoms with Crippen LogP contribution in [0.4, 0.5) is 0 Å². The Kier molecular flexibility index (Phi) is 5.33. The molecule has 0 aromatic carbocycles. The molecule has 23 heavy (non-hydrogen) atoms. The summed E-state index contributed by atoms with van der Waals surface area (Å²) in [7, 11) is 0. The van der Waals surface area contributed by atoms with Crippen LogP contribution in [0.3, 0.4) is 0 Å². The largest absolute Gasteiger partial charge is 0.357 e. The quantitative estimate of drug-likeness (QED) is 0.521. The van der Waals surface area contributed by atoms with Crippen LogP contribution in [0.15, 0.2) is 17.1 Å². The van der Waals surface area contributed by atoms with Crippen molar-refractivity contribution in [3.8, 4) is 0 Å². The minimum atomic E-state index is 0.651. The van der Waals surface area contributed by atoms with E-state index in [1.807, 2.05) is 0 Å². The molecule has 1 aromatic heterocycles. The summed E-state index contributed by atoms with van der Waals surface area (Å²) < 4.78 is 0. The molecule has 3 heterocycles. The lowest BCUT2D eigenvalue weighted by Gasteiger charge is -2.25. The number of rotatable bonds is 4. The highest BCUT2D eigenvalue weighted by atomic mass is 32.1. The van der Waals surface area contributed by atoms with Crippen molar-refractivity contribution in [1.29, 1.82) is 0 Å². The molecule has 0 amide bonds. The van der Waals surface area contributed by atoms with Gasteiger partial charge in [0.25, 0.3) is 0 Å². The highest BCUT2D eigenvalue weighted by Crippen LogP contribution is 2.19. The zero-order valence-electron chi connectivity index (χ0n) is 14.4. The molecule has 3 rings (SSSR count). The maximum Gasteiger partial charge on any atom is 0.194 e. The van der Waals surface area contributed by atoms with E-state index in [0.29, 0.717) is 12.6 Å². The molecule has 0 spiro atoms. The smallest absolute Gasteiger partial charge is 0.194 e. The van der Waals surface area contributed by atoms with Crippen LogP contribution in [0.1, 0.15) is 28.9 Å². The number of nitrogens with zero attached hydrogens (tertiary/aromatic N) is 4. The van der Waals surface area contributed by atoms with E-state index in [4.69, 9.17) is 4.99 Å². The third kappa shape index (κ3) is 3.93. The van der Waals surface area contributed by atoms with E-state index in [-0.39, 0.29) is 0 Å². The predicted molar refractivity (Wildman–Crippen MR) is 97.1 cm³/mol. The number of guanidine groups is 1. The number of thiazole rings is 1. The SMILES string of the molecule is CCNC(=NCc1nc(C)c(C)s1)N1CCC(N2CC=CC2)C1. The summed E-state index contributed by atoms with van der Waals surface area (Å²) in [5, 5.41) is 4.55. The van der Waals surface area contributed by atoms with Crippen LogP contribution < -0.4 is 5.32 Å². The monoisotopic (exact) mass is 333 g/mol. The molecule has 1 unspecified atom stereocenters. The van der Waals surface area contributed by atoms with Crippen LogP contribution in [0.5, 0.6) is 0 Å². The van der Waals surface area contributed by atoms with Gasteiger partial charge in [-0.2, -0.15) is 0 Å². The van der Waals surface area contributed by atoms with E-state index < -0.39 is 0 Å². The molecule has 1 saturated heterocycles. The second kappa shape index (κ2) is 7.45. The van der Waals surface area contributed by atoms with Crippen molar-refractivity contribution in [1.82, 2.24) is 20.1 Å². The molecule has 5 nitrogen and oxygen atoms in total. The van der Waals surface area contributed by atoms with Crippen LogP contribution in [0, 0.1) is 13.8 Å². The standard InChI is InChI=1S/C17H27N5S/c1-4-18-17(19-11-16-20-13(2)14(3)23-16)22-10-7-15(12-22)21-8-5-6-9-21/h5-6,15H,4,7-12H2,1-3H3,(H,18,19). The van der Waals surface area contributed by atoms with Crippen molar-refractivity contribution in [2.24, 2.45) is 4.99 Å². The van der Waals surface area contributed by atoms with E-state index >= 15 is 0 Å².